The average Bonchev–Trinajstić information content (AvgIpc) is 2.72. The highest BCUT2D eigenvalue weighted by molar-refractivity contribution is 6.00. The van der Waals surface area contributed by atoms with Crippen molar-refractivity contribution in [2.45, 2.75) is 34.1 Å². The molecule has 1 aromatic heterocycles. The minimum absolute atomic E-state index is 0.0919. The van der Waals surface area contributed by atoms with E-state index in [4.69, 9.17) is 10.9 Å². The molecule has 0 saturated heterocycles. The molecule has 2 aromatic rings. The summed E-state index contributed by atoms with van der Waals surface area (Å²) in [4.78, 5) is 0. The number of hydrogen-bond donors (Lipinski definition) is 2. The first-order valence-corrected chi connectivity index (χ1v) is 6.64. The number of aromatic nitrogens is 2. The van der Waals surface area contributed by atoms with E-state index in [1.807, 2.05) is 43.7 Å². The van der Waals surface area contributed by atoms with Crippen LogP contribution >= 0.6 is 0 Å². The van der Waals surface area contributed by atoms with E-state index >= 15 is 0 Å². The van der Waals surface area contributed by atoms with Crippen LogP contribution in [-0.4, -0.2) is 20.8 Å². The second-order valence-corrected chi connectivity index (χ2v) is 4.87. The molecule has 0 radical (unpaired) electrons. The minimum Gasteiger partial charge on any atom is -0.409 e. The quantitative estimate of drug-likeness (QED) is 0.390. The molecule has 0 saturated carbocycles. The molecular formula is C15H20N4O. The van der Waals surface area contributed by atoms with Gasteiger partial charge in [-0.1, -0.05) is 24.2 Å². The van der Waals surface area contributed by atoms with Gasteiger partial charge in [-0.2, -0.15) is 5.10 Å². The number of amidine groups is 1. The standard InChI is InChI=1S/C15H20N4O/c1-5-12-10(3)17-19(11(12)4)14-9(2)7-6-8-13(14)15(16)18-20/h6-8,20H,5H2,1-4H3,(H2,16,18). The lowest BCUT2D eigenvalue weighted by Crippen LogP contribution is -2.18. The van der Waals surface area contributed by atoms with Gasteiger partial charge in [0.05, 0.1) is 11.4 Å². The number of nitrogens with two attached hydrogens (primary N) is 1. The Balaban J connectivity index is 2.76. The molecule has 0 bridgehead atoms. The molecule has 0 aliphatic carbocycles. The number of benzene rings is 1. The maximum atomic E-state index is 8.96. The number of para-hydroxylation sites is 1. The molecule has 20 heavy (non-hydrogen) atoms. The average molecular weight is 272 g/mol. The molecule has 3 N–H and O–H groups in total. The van der Waals surface area contributed by atoms with Crippen LogP contribution in [0.4, 0.5) is 0 Å². The van der Waals surface area contributed by atoms with E-state index in [0.29, 0.717) is 5.56 Å². The minimum atomic E-state index is 0.0919. The number of nitrogens with zero attached hydrogens (tertiary/aromatic N) is 3. The first-order chi connectivity index (χ1) is 9.51. The predicted molar refractivity (Wildman–Crippen MR) is 79.7 cm³/mol. The van der Waals surface area contributed by atoms with E-state index in [2.05, 4.69) is 17.2 Å². The zero-order chi connectivity index (χ0) is 14.9. The molecular weight excluding hydrogens is 252 g/mol. The second kappa shape index (κ2) is 5.36. The third kappa shape index (κ3) is 2.15. The Morgan fingerprint density at radius 1 is 1.35 bits per heavy atom. The van der Waals surface area contributed by atoms with Crippen molar-refractivity contribution in [2.24, 2.45) is 10.9 Å². The van der Waals surface area contributed by atoms with Crippen molar-refractivity contribution in [3.05, 3.63) is 46.3 Å². The Bertz CT molecular complexity index is 671. The van der Waals surface area contributed by atoms with Crippen molar-refractivity contribution in [1.82, 2.24) is 9.78 Å². The van der Waals surface area contributed by atoms with Crippen LogP contribution in [0.3, 0.4) is 0 Å². The lowest BCUT2D eigenvalue weighted by atomic mass is 10.1. The van der Waals surface area contributed by atoms with E-state index in [-0.39, 0.29) is 5.84 Å². The van der Waals surface area contributed by atoms with Gasteiger partial charge in [-0.25, -0.2) is 4.68 Å². The van der Waals surface area contributed by atoms with Crippen LogP contribution in [0.15, 0.2) is 23.4 Å². The van der Waals surface area contributed by atoms with Gasteiger partial charge in [-0.05, 0) is 44.4 Å². The van der Waals surface area contributed by atoms with E-state index in [1.165, 1.54) is 5.56 Å². The fourth-order valence-corrected chi connectivity index (χ4v) is 2.61. The summed E-state index contributed by atoms with van der Waals surface area (Å²) in [6.07, 6.45) is 0.933. The van der Waals surface area contributed by atoms with Gasteiger partial charge in [0, 0.05) is 11.3 Å². The van der Waals surface area contributed by atoms with Crippen LogP contribution in [0.1, 0.15) is 35.0 Å². The summed E-state index contributed by atoms with van der Waals surface area (Å²) in [5.74, 6) is 0.0919. The predicted octanol–water partition coefficient (Wildman–Crippen LogP) is 2.45. The van der Waals surface area contributed by atoms with Gasteiger partial charge in [0.15, 0.2) is 5.84 Å². The van der Waals surface area contributed by atoms with Gasteiger partial charge < -0.3 is 10.9 Å². The molecule has 0 unspecified atom stereocenters. The lowest BCUT2D eigenvalue weighted by molar-refractivity contribution is 0.318. The fourth-order valence-electron chi connectivity index (χ4n) is 2.61. The second-order valence-electron chi connectivity index (χ2n) is 4.87. The van der Waals surface area contributed by atoms with Gasteiger partial charge in [-0.3, -0.25) is 0 Å². The Labute approximate surface area is 118 Å². The Hall–Kier alpha value is -2.30. The number of aryl methyl sites for hydroxylation is 2. The molecule has 5 heteroatoms. The highest BCUT2D eigenvalue weighted by Gasteiger charge is 2.17. The summed E-state index contributed by atoms with van der Waals surface area (Å²) in [6.45, 7) is 8.15. The molecule has 0 atom stereocenters. The molecule has 0 spiro atoms. The molecule has 106 valence electrons. The first-order valence-electron chi connectivity index (χ1n) is 6.64. The molecule has 0 amide bonds. The molecule has 1 heterocycles. The zero-order valence-corrected chi connectivity index (χ0v) is 12.3. The van der Waals surface area contributed by atoms with Gasteiger partial charge in [0.1, 0.15) is 0 Å². The Morgan fingerprint density at radius 2 is 2.05 bits per heavy atom. The van der Waals surface area contributed by atoms with E-state index in [0.717, 1.165) is 29.1 Å². The van der Waals surface area contributed by atoms with Gasteiger partial charge >= 0.3 is 0 Å². The van der Waals surface area contributed by atoms with Crippen LogP contribution in [0.2, 0.25) is 0 Å². The van der Waals surface area contributed by atoms with Gasteiger partial charge in [-0.15, -0.1) is 0 Å². The smallest absolute Gasteiger partial charge is 0.172 e. The fraction of sp³-hybridized carbons (Fsp3) is 0.333. The Kier molecular flexibility index (Phi) is 3.79. The molecule has 0 aliphatic heterocycles. The summed E-state index contributed by atoms with van der Waals surface area (Å²) < 4.78 is 1.89. The molecule has 0 fully saturated rings. The highest BCUT2D eigenvalue weighted by atomic mass is 16.4. The normalized spacial score (nSPS) is 11.9. The third-order valence-electron chi connectivity index (χ3n) is 3.63. The number of hydrogen-bond acceptors (Lipinski definition) is 3. The molecule has 0 aliphatic rings. The molecule has 2 rings (SSSR count). The lowest BCUT2D eigenvalue weighted by Gasteiger charge is -2.13. The summed E-state index contributed by atoms with van der Waals surface area (Å²) in [6, 6.07) is 5.71. The molecule has 5 nitrogen and oxygen atoms in total. The van der Waals surface area contributed by atoms with Crippen molar-refractivity contribution in [2.75, 3.05) is 0 Å². The summed E-state index contributed by atoms with van der Waals surface area (Å²) >= 11 is 0. The van der Waals surface area contributed by atoms with Crippen LogP contribution in [-0.2, 0) is 6.42 Å². The van der Waals surface area contributed by atoms with E-state index < -0.39 is 0 Å². The number of rotatable bonds is 3. The SMILES string of the molecule is CCc1c(C)nn(-c2c(C)cccc2/C(N)=N/O)c1C. The van der Waals surface area contributed by atoms with Crippen molar-refractivity contribution in [3.63, 3.8) is 0 Å². The number of oxime groups is 1. The monoisotopic (exact) mass is 272 g/mol. The van der Waals surface area contributed by atoms with Crippen molar-refractivity contribution in [3.8, 4) is 5.69 Å². The van der Waals surface area contributed by atoms with Crippen molar-refractivity contribution >= 4 is 5.84 Å². The first kappa shape index (κ1) is 14.1. The maximum absolute atomic E-state index is 8.96. The van der Waals surface area contributed by atoms with Crippen LogP contribution in [0.5, 0.6) is 0 Å². The van der Waals surface area contributed by atoms with Crippen LogP contribution in [0, 0.1) is 20.8 Å². The molecule has 1 aromatic carbocycles. The largest absolute Gasteiger partial charge is 0.409 e. The van der Waals surface area contributed by atoms with Crippen LogP contribution in [0.25, 0.3) is 5.69 Å². The summed E-state index contributed by atoms with van der Waals surface area (Å²) in [5, 5.41) is 16.7. The van der Waals surface area contributed by atoms with E-state index in [1.54, 1.807) is 0 Å². The maximum Gasteiger partial charge on any atom is 0.172 e. The van der Waals surface area contributed by atoms with Crippen molar-refractivity contribution < 1.29 is 5.21 Å². The topological polar surface area (TPSA) is 76.4 Å². The van der Waals surface area contributed by atoms with Gasteiger partial charge in [0.2, 0.25) is 0 Å². The highest BCUT2D eigenvalue weighted by Crippen LogP contribution is 2.24. The summed E-state index contributed by atoms with van der Waals surface area (Å²) in [7, 11) is 0. The summed E-state index contributed by atoms with van der Waals surface area (Å²) in [5.41, 5.74) is 11.7. The van der Waals surface area contributed by atoms with Gasteiger partial charge in [0.25, 0.3) is 0 Å². The van der Waals surface area contributed by atoms with Crippen LogP contribution < -0.4 is 5.73 Å². The zero-order valence-electron chi connectivity index (χ0n) is 12.3. The third-order valence-corrected chi connectivity index (χ3v) is 3.63. The van der Waals surface area contributed by atoms with Crippen molar-refractivity contribution in [1.29, 1.82) is 0 Å². The van der Waals surface area contributed by atoms with E-state index in [9.17, 15) is 0 Å². The Morgan fingerprint density at radius 3 is 2.60 bits per heavy atom.